The second-order valence-corrected chi connectivity index (χ2v) is 8.56. The molecule has 2 atom stereocenters. The molecule has 2 N–H and O–H groups in total. The Labute approximate surface area is 145 Å². The van der Waals surface area contributed by atoms with E-state index in [-0.39, 0.29) is 24.8 Å². The van der Waals surface area contributed by atoms with Crippen LogP contribution in [0.25, 0.3) is 0 Å². The van der Waals surface area contributed by atoms with Crippen molar-refractivity contribution in [3.8, 4) is 0 Å². The van der Waals surface area contributed by atoms with Crippen molar-refractivity contribution < 1.29 is 13.6 Å². The smallest absolute Gasteiger partial charge is 0.261 e. The summed E-state index contributed by atoms with van der Waals surface area (Å²) in [5.41, 5.74) is 1.24. The molecule has 6 heteroatoms. The zero-order chi connectivity index (χ0) is 16.7. The molecule has 3 fully saturated rings. The van der Waals surface area contributed by atoms with Gasteiger partial charge >= 0.3 is 0 Å². The Morgan fingerprint density at radius 2 is 2.00 bits per heavy atom. The molecular formula is C18H24F2N2OS. The van der Waals surface area contributed by atoms with Crippen molar-refractivity contribution >= 4 is 17.2 Å². The minimum atomic E-state index is -2.55. The number of hydrogen-bond acceptors (Lipinski definition) is 3. The predicted octanol–water partition coefficient (Wildman–Crippen LogP) is 3.91. The van der Waals surface area contributed by atoms with Crippen molar-refractivity contribution in [3.63, 3.8) is 0 Å². The van der Waals surface area contributed by atoms with Gasteiger partial charge in [0.05, 0.1) is 4.88 Å². The molecule has 0 aromatic carbocycles. The summed E-state index contributed by atoms with van der Waals surface area (Å²) < 4.78 is 26.3. The molecule has 0 radical (unpaired) electrons. The number of carbonyl (C=O) groups excluding carboxylic acids is 1. The maximum absolute atomic E-state index is 13.2. The number of alkyl halides is 2. The van der Waals surface area contributed by atoms with Crippen LogP contribution in [0.2, 0.25) is 0 Å². The number of rotatable bonds is 6. The van der Waals surface area contributed by atoms with E-state index in [1.807, 2.05) is 6.07 Å². The van der Waals surface area contributed by atoms with Crippen molar-refractivity contribution in [2.24, 2.45) is 5.92 Å². The molecule has 0 saturated heterocycles. The second-order valence-electron chi connectivity index (χ2n) is 7.65. The summed E-state index contributed by atoms with van der Waals surface area (Å²) in [5, 5.41) is 8.62. The normalized spacial score (nSPS) is 29.4. The molecule has 3 aliphatic carbocycles. The van der Waals surface area contributed by atoms with Crippen LogP contribution in [-0.2, 0) is 0 Å². The summed E-state index contributed by atoms with van der Waals surface area (Å²) in [7, 11) is 0. The van der Waals surface area contributed by atoms with Gasteiger partial charge in [0, 0.05) is 30.8 Å². The van der Waals surface area contributed by atoms with E-state index in [2.05, 4.69) is 16.0 Å². The van der Waals surface area contributed by atoms with Crippen molar-refractivity contribution in [1.82, 2.24) is 10.6 Å². The molecule has 1 heterocycles. The molecule has 4 rings (SSSR count). The highest BCUT2D eigenvalue weighted by atomic mass is 32.1. The Hall–Kier alpha value is -1.01. The molecule has 0 spiro atoms. The Morgan fingerprint density at radius 1 is 1.25 bits per heavy atom. The zero-order valence-electron chi connectivity index (χ0n) is 13.7. The highest BCUT2D eigenvalue weighted by Gasteiger charge is 2.40. The second kappa shape index (κ2) is 6.37. The van der Waals surface area contributed by atoms with Gasteiger partial charge in [0.1, 0.15) is 0 Å². The Kier molecular flexibility index (Phi) is 4.37. The van der Waals surface area contributed by atoms with Crippen LogP contribution < -0.4 is 10.6 Å². The minimum Gasteiger partial charge on any atom is -0.349 e. The van der Waals surface area contributed by atoms with E-state index in [1.54, 1.807) is 0 Å². The first kappa shape index (κ1) is 16.5. The number of amides is 1. The minimum absolute atomic E-state index is 0.107. The molecule has 24 heavy (non-hydrogen) atoms. The van der Waals surface area contributed by atoms with E-state index in [1.165, 1.54) is 29.7 Å². The Bertz CT molecular complexity index is 604. The largest absolute Gasteiger partial charge is 0.349 e. The summed E-state index contributed by atoms with van der Waals surface area (Å²) in [4.78, 5) is 13.0. The van der Waals surface area contributed by atoms with Crippen LogP contribution in [0.5, 0.6) is 0 Å². The van der Waals surface area contributed by atoms with Gasteiger partial charge in [-0.3, -0.25) is 4.79 Å². The molecule has 3 saturated carbocycles. The lowest BCUT2D eigenvalue weighted by Crippen LogP contribution is -2.40. The van der Waals surface area contributed by atoms with Crippen molar-refractivity contribution in [2.45, 2.75) is 68.9 Å². The molecule has 0 aliphatic heterocycles. The van der Waals surface area contributed by atoms with E-state index in [4.69, 9.17) is 0 Å². The van der Waals surface area contributed by atoms with Gasteiger partial charge in [0.2, 0.25) is 5.92 Å². The lowest BCUT2D eigenvalue weighted by molar-refractivity contribution is -0.0399. The van der Waals surface area contributed by atoms with Crippen molar-refractivity contribution in [2.75, 3.05) is 6.54 Å². The van der Waals surface area contributed by atoms with Crippen LogP contribution in [-0.4, -0.2) is 30.5 Å². The maximum Gasteiger partial charge on any atom is 0.261 e. The quantitative estimate of drug-likeness (QED) is 0.813. The zero-order valence-corrected chi connectivity index (χ0v) is 14.5. The molecule has 1 aromatic rings. The summed E-state index contributed by atoms with van der Waals surface area (Å²) in [5.74, 6) is -1.23. The molecule has 1 aromatic heterocycles. The Morgan fingerprint density at radius 3 is 2.71 bits per heavy atom. The molecule has 132 valence electrons. The van der Waals surface area contributed by atoms with Gasteiger partial charge in [-0.15, -0.1) is 11.3 Å². The average molecular weight is 354 g/mol. The first-order valence-corrected chi connectivity index (χ1v) is 9.89. The average Bonchev–Trinajstić information content (AvgIpc) is 3.46. The fourth-order valence-corrected chi connectivity index (χ4v) is 4.41. The summed E-state index contributed by atoms with van der Waals surface area (Å²) >= 11 is 1.47. The lowest BCUT2D eigenvalue weighted by atomic mass is 9.92. The predicted molar refractivity (Wildman–Crippen MR) is 90.9 cm³/mol. The molecule has 0 unspecified atom stereocenters. The van der Waals surface area contributed by atoms with Gasteiger partial charge in [-0.1, -0.05) is 0 Å². The fourth-order valence-electron chi connectivity index (χ4n) is 3.53. The summed E-state index contributed by atoms with van der Waals surface area (Å²) in [6.07, 6.45) is 4.37. The number of carbonyl (C=O) groups is 1. The highest BCUT2D eigenvalue weighted by molar-refractivity contribution is 7.12. The van der Waals surface area contributed by atoms with Gasteiger partial charge in [-0.25, -0.2) is 8.78 Å². The van der Waals surface area contributed by atoms with Gasteiger partial charge in [0.25, 0.3) is 5.91 Å². The SMILES string of the molecule is O=C(NC1CCC(F)(F)CC1)c1cc([C@@H]2C[C@H]2NCC2CC2)cs1. The maximum atomic E-state index is 13.2. The fraction of sp³-hybridized carbons (Fsp3) is 0.722. The van der Waals surface area contributed by atoms with Crippen LogP contribution >= 0.6 is 11.3 Å². The highest BCUT2D eigenvalue weighted by Crippen LogP contribution is 2.43. The van der Waals surface area contributed by atoms with Gasteiger partial charge < -0.3 is 10.6 Å². The number of nitrogens with one attached hydrogen (secondary N) is 2. The van der Waals surface area contributed by atoms with E-state index >= 15 is 0 Å². The number of hydrogen-bond donors (Lipinski definition) is 2. The van der Waals surface area contributed by atoms with Crippen LogP contribution in [0.4, 0.5) is 8.78 Å². The third kappa shape index (κ3) is 3.97. The van der Waals surface area contributed by atoms with Gasteiger partial charge in [-0.05, 0) is 61.6 Å². The first-order valence-electron chi connectivity index (χ1n) is 9.01. The first-order chi connectivity index (χ1) is 11.5. The van der Waals surface area contributed by atoms with Crippen LogP contribution in [0, 0.1) is 5.92 Å². The van der Waals surface area contributed by atoms with Crippen molar-refractivity contribution in [3.05, 3.63) is 21.9 Å². The lowest BCUT2D eigenvalue weighted by Gasteiger charge is -2.28. The van der Waals surface area contributed by atoms with Crippen LogP contribution in [0.1, 0.15) is 66.1 Å². The van der Waals surface area contributed by atoms with E-state index in [0.717, 1.165) is 18.9 Å². The monoisotopic (exact) mass is 354 g/mol. The van der Waals surface area contributed by atoms with Gasteiger partial charge in [0.15, 0.2) is 0 Å². The topological polar surface area (TPSA) is 41.1 Å². The molecular weight excluding hydrogens is 330 g/mol. The van der Waals surface area contributed by atoms with E-state index < -0.39 is 5.92 Å². The molecule has 3 nitrogen and oxygen atoms in total. The van der Waals surface area contributed by atoms with Crippen LogP contribution in [0.3, 0.4) is 0 Å². The summed E-state index contributed by atoms with van der Waals surface area (Å²) in [6.45, 7) is 1.13. The molecule has 3 aliphatic rings. The van der Waals surface area contributed by atoms with E-state index in [0.29, 0.717) is 29.7 Å². The third-order valence-electron chi connectivity index (χ3n) is 5.48. The molecule has 0 bridgehead atoms. The Balaban J connectivity index is 1.26. The van der Waals surface area contributed by atoms with Gasteiger partial charge in [-0.2, -0.15) is 0 Å². The van der Waals surface area contributed by atoms with E-state index in [9.17, 15) is 13.6 Å². The number of thiophene rings is 1. The molecule has 1 amide bonds. The van der Waals surface area contributed by atoms with Crippen molar-refractivity contribution in [1.29, 1.82) is 0 Å². The summed E-state index contributed by atoms with van der Waals surface area (Å²) in [6, 6.07) is 2.44. The standard InChI is InChI=1S/C18H24F2N2OS/c19-18(20)5-3-13(4-6-18)22-17(23)16-7-12(10-24-16)14-8-15(14)21-9-11-1-2-11/h7,10-11,13-15,21H,1-6,8-9H2,(H,22,23)/t14-,15+/m0/s1. The van der Waals surface area contributed by atoms with Crippen LogP contribution in [0.15, 0.2) is 11.4 Å². The number of halogens is 2. The third-order valence-corrected chi connectivity index (χ3v) is 6.43.